The second-order valence-electron chi connectivity index (χ2n) is 5.47. The summed E-state index contributed by atoms with van der Waals surface area (Å²) < 4.78 is 10.4. The smallest absolute Gasteiger partial charge is 0.321 e. The monoisotopic (exact) mass is 325 g/mol. The van der Waals surface area contributed by atoms with Gasteiger partial charge in [-0.15, -0.1) is 0 Å². The van der Waals surface area contributed by atoms with Gasteiger partial charge in [0.15, 0.2) is 0 Å². The lowest BCUT2D eigenvalue weighted by Crippen LogP contribution is -2.12. The Hall–Kier alpha value is -2.86. The van der Waals surface area contributed by atoms with Gasteiger partial charge in [0.05, 0.1) is 13.2 Å². The van der Waals surface area contributed by atoms with E-state index in [4.69, 9.17) is 9.26 Å². The maximum atomic E-state index is 10.2. The second-order valence-corrected chi connectivity index (χ2v) is 5.47. The number of methoxy groups -OCH3 is 1. The van der Waals surface area contributed by atoms with E-state index in [1.165, 1.54) is 0 Å². The summed E-state index contributed by atoms with van der Waals surface area (Å²) in [5.74, 6) is 1.18. The van der Waals surface area contributed by atoms with Crippen LogP contribution in [0.4, 0.5) is 6.01 Å². The Morgan fingerprint density at radius 3 is 2.83 bits per heavy atom. The minimum atomic E-state index is -0.655. The van der Waals surface area contributed by atoms with Gasteiger partial charge in [0, 0.05) is 12.1 Å². The molecule has 0 amide bonds. The third-order valence-electron chi connectivity index (χ3n) is 3.63. The van der Waals surface area contributed by atoms with Gasteiger partial charge in [-0.3, -0.25) is 0 Å². The number of aliphatic hydroxyl groups excluding tert-OH is 1. The number of hydrogen-bond donors (Lipinski definition) is 2. The van der Waals surface area contributed by atoms with Gasteiger partial charge in [0.1, 0.15) is 5.75 Å². The van der Waals surface area contributed by atoms with Crippen LogP contribution in [0.15, 0.2) is 53.1 Å². The van der Waals surface area contributed by atoms with Gasteiger partial charge >= 0.3 is 6.01 Å². The van der Waals surface area contributed by atoms with Crippen LogP contribution in [-0.2, 0) is 0 Å². The molecule has 6 nitrogen and oxygen atoms in total. The summed E-state index contributed by atoms with van der Waals surface area (Å²) >= 11 is 0. The van der Waals surface area contributed by atoms with Crippen LogP contribution in [0.3, 0.4) is 0 Å². The molecule has 0 aliphatic carbocycles. The molecule has 2 N–H and O–H groups in total. The Kier molecular flexibility index (Phi) is 4.77. The van der Waals surface area contributed by atoms with Gasteiger partial charge in [-0.1, -0.05) is 47.1 Å². The number of hydrogen-bond acceptors (Lipinski definition) is 6. The molecule has 0 saturated heterocycles. The molecule has 0 spiro atoms. The molecular formula is C18H19N3O3. The molecule has 0 aliphatic heterocycles. The normalized spacial score (nSPS) is 12.0. The van der Waals surface area contributed by atoms with Crippen LogP contribution in [0.25, 0.3) is 11.4 Å². The first-order valence-electron chi connectivity index (χ1n) is 7.62. The number of anilines is 1. The van der Waals surface area contributed by atoms with Gasteiger partial charge < -0.3 is 19.7 Å². The van der Waals surface area contributed by atoms with E-state index in [2.05, 4.69) is 15.5 Å². The third-order valence-corrected chi connectivity index (χ3v) is 3.63. The van der Waals surface area contributed by atoms with Crippen molar-refractivity contribution < 1.29 is 14.4 Å². The van der Waals surface area contributed by atoms with Crippen LogP contribution in [0.1, 0.15) is 17.2 Å². The van der Waals surface area contributed by atoms with Crippen LogP contribution in [0.2, 0.25) is 0 Å². The van der Waals surface area contributed by atoms with Crippen molar-refractivity contribution >= 4 is 6.01 Å². The lowest BCUT2D eigenvalue weighted by molar-refractivity contribution is 0.190. The van der Waals surface area contributed by atoms with E-state index in [0.717, 1.165) is 22.4 Å². The van der Waals surface area contributed by atoms with E-state index in [0.29, 0.717) is 5.82 Å². The van der Waals surface area contributed by atoms with Gasteiger partial charge in [0.25, 0.3) is 0 Å². The van der Waals surface area contributed by atoms with E-state index in [1.54, 1.807) is 7.11 Å². The van der Waals surface area contributed by atoms with Crippen LogP contribution in [-0.4, -0.2) is 28.9 Å². The number of aromatic nitrogens is 2. The number of rotatable bonds is 6. The van der Waals surface area contributed by atoms with Crippen molar-refractivity contribution in [1.82, 2.24) is 10.1 Å². The Morgan fingerprint density at radius 2 is 2.04 bits per heavy atom. The molecule has 124 valence electrons. The Labute approximate surface area is 140 Å². The zero-order chi connectivity index (χ0) is 16.9. The fourth-order valence-electron chi connectivity index (χ4n) is 2.35. The number of benzene rings is 2. The summed E-state index contributed by atoms with van der Waals surface area (Å²) in [6.45, 7) is 2.27. The van der Waals surface area contributed by atoms with Crippen LogP contribution < -0.4 is 10.1 Å². The van der Waals surface area contributed by atoms with E-state index >= 15 is 0 Å². The second kappa shape index (κ2) is 7.14. The fourth-order valence-corrected chi connectivity index (χ4v) is 2.35. The first-order valence-corrected chi connectivity index (χ1v) is 7.62. The molecule has 1 heterocycles. The number of aliphatic hydroxyl groups is 1. The molecule has 0 fully saturated rings. The van der Waals surface area contributed by atoms with Gasteiger partial charge in [-0.2, -0.15) is 4.98 Å². The van der Waals surface area contributed by atoms with Crippen LogP contribution in [0.5, 0.6) is 5.75 Å². The van der Waals surface area contributed by atoms with E-state index in [1.807, 2.05) is 55.5 Å². The molecule has 1 unspecified atom stereocenters. The summed E-state index contributed by atoms with van der Waals surface area (Å²) in [4.78, 5) is 4.28. The standard InChI is InChI=1S/C18H19N3O3/c1-12-5-3-6-13(9-12)16(22)11-19-18-20-17(21-24-18)14-7-4-8-15(10-14)23-2/h3-10,16,22H,11H2,1-2H3,(H,19,20,21). The molecule has 24 heavy (non-hydrogen) atoms. The zero-order valence-electron chi connectivity index (χ0n) is 13.6. The first kappa shape index (κ1) is 16.0. The summed E-state index contributed by atoms with van der Waals surface area (Å²) in [5.41, 5.74) is 2.74. The molecule has 0 saturated carbocycles. The van der Waals surface area contributed by atoms with Crippen molar-refractivity contribution in [2.24, 2.45) is 0 Å². The predicted molar refractivity (Wildman–Crippen MR) is 90.9 cm³/mol. The van der Waals surface area contributed by atoms with E-state index in [9.17, 15) is 5.11 Å². The maximum absolute atomic E-state index is 10.2. The average molecular weight is 325 g/mol. The van der Waals surface area contributed by atoms with E-state index in [-0.39, 0.29) is 12.6 Å². The minimum Gasteiger partial charge on any atom is -0.497 e. The summed E-state index contributed by atoms with van der Waals surface area (Å²) in [5, 5.41) is 17.1. The third kappa shape index (κ3) is 3.72. The largest absolute Gasteiger partial charge is 0.497 e. The van der Waals surface area contributed by atoms with Crippen molar-refractivity contribution in [3.63, 3.8) is 0 Å². The Bertz CT molecular complexity index is 817. The first-order chi connectivity index (χ1) is 11.7. The predicted octanol–water partition coefficient (Wildman–Crippen LogP) is 3.20. The highest BCUT2D eigenvalue weighted by Crippen LogP contribution is 2.22. The number of aryl methyl sites for hydroxylation is 1. The molecular weight excluding hydrogens is 306 g/mol. The molecule has 1 aromatic heterocycles. The summed E-state index contributed by atoms with van der Waals surface area (Å²) in [6.07, 6.45) is -0.655. The van der Waals surface area contributed by atoms with Gasteiger partial charge in [0.2, 0.25) is 5.82 Å². The van der Waals surface area contributed by atoms with Gasteiger partial charge in [-0.05, 0) is 24.6 Å². The number of nitrogens with zero attached hydrogens (tertiary/aromatic N) is 2. The number of ether oxygens (including phenoxy) is 1. The van der Waals surface area contributed by atoms with Crippen molar-refractivity contribution in [1.29, 1.82) is 0 Å². The fraction of sp³-hybridized carbons (Fsp3) is 0.222. The summed E-state index contributed by atoms with van der Waals surface area (Å²) in [6, 6.07) is 15.4. The molecule has 3 aromatic rings. The lowest BCUT2D eigenvalue weighted by Gasteiger charge is -2.11. The Morgan fingerprint density at radius 1 is 1.21 bits per heavy atom. The highest BCUT2D eigenvalue weighted by Gasteiger charge is 2.12. The minimum absolute atomic E-state index is 0.263. The lowest BCUT2D eigenvalue weighted by atomic mass is 10.1. The molecule has 1 atom stereocenters. The van der Waals surface area contributed by atoms with E-state index < -0.39 is 6.10 Å². The van der Waals surface area contributed by atoms with Crippen LogP contribution in [0, 0.1) is 6.92 Å². The zero-order valence-corrected chi connectivity index (χ0v) is 13.6. The molecule has 0 radical (unpaired) electrons. The van der Waals surface area contributed by atoms with Crippen molar-refractivity contribution in [2.45, 2.75) is 13.0 Å². The van der Waals surface area contributed by atoms with Crippen molar-refractivity contribution in [3.8, 4) is 17.1 Å². The number of nitrogens with one attached hydrogen (secondary N) is 1. The highest BCUT2D eigenvalue weighted by atomic mass is 16.5. The SMILES string of the molecule is COc1cccc(-c2noc(NCC(O)c3cccc(C)c3)n2)c1. The van der Waals surface area contributed by atoms with Gasteiger partial charge in [-0.25, -0.2) is 0 Å². The highest BCUT2D eigenvalue weighted by molar-refractivity contribution is 5.57. The molecule has 0 bridgehead atoms. The molecule has 6 heteroatoms. The average Bonchev–Trinajstić information content (AvgIpc) is 3.09. The van der Waals surface area contributed by atoms with Crippen molar-refractivity contribution in [2.75, 3.05) is 19.0 Å². The Balaban J connectivity index is 1.65. The molecule has 2 aromatic carbocycles. The molecule has 3 rings (SSSR count). The molecule has 0 aliphatic rings. The maximum Gasteiger partial charge on any atom is 0.321 e. The topological polar surface area (TPSA) is 80.4 Å². The van der Waals surface area contributed by atoms with Crippen LogP contribution >= 0.6 is 0 Å². The van der Waals surface area contributed by atoms with Crippen molar-refractivity contribution in [3.05, 3.63) is 59.7 Å². The summed E-state index contributed by atoms with van der Waals surface area (Å²) in [7, 11) is 1.61. The quantitative estimate of drug-likeness (QED) is 0.724.